The zero-order valence-corrected chi connectivity index (χ0v) is 8.14. The van der Waals surface area contributed by atoms with Crippen LogP contribution in [0.15, 0.2) is 11.1 Å². The van der Waals surface area contributed by atoms with Gasteiger partial charge < -0.3 is 9.84 Å². The largest absolute Gasteiger partial charge is 0.479 e. The van der Waals surface area contributed by atoms with Gasteiger partial charge in [0, 0.05) is 13.5 Å². The molecular weight excluding hydrogens is 212 g/mol. The number of hydrogen-bond acceptors (Lipinski definition) is 2. The maximum atomic E-state index is 10.6. The minimum atomic E-state index is -1.17. The van der Waals surface area contributed by atoms with Crippen molar-refractivity contribution < 1.29 is 14.6 Å². The molecule has 0 aromatic heterocycles. The van der Waals surface area contributed by atoms with E-state index in [1.165, 1.54) is 14.0 Å². The summed E-state index contributed by atoms with van der Waals surface area (Å²) in [6, 6.07) is 0. The third kappa shape index (κ3) is 3.03. The molecule has 0 aliphatic rings. The second kappa shape index (κ2) is 3.88. The van der Waals surface area contributed by atoms with Crippen LogP contribution >= 0.6 is 15.9 Å². The number of methoxy groups -OCH3 is 1. The normalized spacial score (nSPS) is 15.5. The van der Waals surface area contributed by atoms with Crippen molar-refractivity contribution in [3.05, 3.63) is 11.1 Å². The van der Waals surface area contributed by atoms with E-state index in [-0.39, 0.29) is 6.42 Å². The van der Waals surface area contributed by atoms with E-state index in [1.54, 1.807) is 0 Å². The van der Waals surface area contributed by atoms with Gasteiger partial charge in [-0.25, -0.2) is 4.79 Å². The minimum Gasteiger partial charge on any atom is -0.479 e. The molecule has 0 aromatic rings. The van der Waals surface area contributed by atoms with Gasteiger partial charge in [-0.1, -0.05) is 22.5 Å². The number of halogens is 1. The molecule has 0 aliphatic heterocycles. The molecule has 0 rings (SSSR count). The maximum absolute atomic E-state index is 10.6. The van der Waals surface area contributed by atoms with Crippen molar-refractivity contribution in [2.75, 3.05) is 7.11 Å². The van der Waals surface area contributed by atoms with Crippen molar-refractivity contribution in [3.8, 4) is 0 Å². The first kappa shape index (κ1) is 10.7. The lowest BCUT2D eigenvalue weighted by Crippen LogP contribution is -2.37. The predicted octanol–water partition coefficient (Wildman–Crippen LogP) is 1.77. The standard InChI is InChI=1S/C7H11BrO3/c1-5(8)4-7(2,11-3)6(9)10/h1,4H2,2-3H3,(H,9,10). The lowest BCUT2D eigenvalue weighted by molar-refractivity contribution is -0.159. The first-order chi connectivity index (χ1) is 4.92. The SMILES string of the molecule is C=C(Br)CC(C)(OC)C(=O)O. The second-order valence-electron chi connectivity index (χ2n) is 2.43. The summed E-state index contributed by atoms with van der Waals surface area (Å²) in [6.45, 7) is 5.05. The summed E-state index contributed by atoms with van der Waals surface area (Å²) in [6.07, 6.45) is 0.263. The van der Waals surface area contributed by atoms with Crippen LogP contribution in [0.5, 0.6) is 0 Å². The fraction of sp³-hybridized carbons (Fsp3) is 0.571. The molecule has 1 N–H and O–H groups in total. The first-order valence-corrected chi connectivity index (χ1v) is 3.83. The van der Waals surface area contributed by atoms with Crippen LogP contribution in [0, 0.1) is 0 Å². The van der Waals surface area contributed by atoms with Crippen LogP contribution in [0.4, 0.5) is 0 Å². The molecule has 0 aromatic carbocycles. The van der Waals surface area contributed by atoms with Gasteiger partial charge in [-0.3, -0.25) is 0 Å². The molecule has 1 unspecified atom stereocenters. The van der Waals surface area contributed by atoms with Crippen LogP contribution < -0.4 is 0 Å². The van der Waals surface area contributed by atoms with E-state index < -0.39 is 11.6 Å². The summed E-state index contributed by atoms with van der Waals surface area (Å²) < 4.78 is 5.43. The highest BCUT2D eigenvalue weighted by molar-refractivity contribution is 9.11. The summed E-state index contributed by atoms with van der Waals surface area (Å²) in [5.74, 6) is -0.986. The highest BCUT2D eigenvalue weighted by Crippen LogP contribution is 2.22. The lowest BCUT2D eigenvalue weighted by atomic mass is 10.0. The first-order valence-electron chi connectivity index (χ1n) is 3.04. The van der Waals surface area contributed by atoms with Crippen LogP contribution in [0.2, 0.25) is 0 Å². The van der Waals surface area contributed by atoms with Crippen LogP contribution in [0.25, 0.3) is 0 Å². The Hall–Kier alpha value is -0.350. The van der Waals surface area contributed by atoms with Crippen molar-refractivity contribution >= 4 is 21.9 Å². The molecule has 1 atom stereocenters. The van der Waals surface area contributed by atoms with Gasteiger partial charge in [-0.2, -0.15) is 0 Å². The Labute approximate surface area is 74.2 Å². The van der Waals surface area contributed by atoms with Crippen molar-refractivity contribution in [2.24, 2.45) is 0 Å². The van der Waals surface area contributed by atoms with E-state index in [1.807, 2.05) is 0 Å². The molecule has 0 aliphatic carbocycles. The molecule has 0 fully saturated rings. The molecule has 0 saturated carbocycles. The number of hydrogen-bond donors (Lipinski definition) is 1. The molecule has 0 heterocycles. The molecule has 0 bridgehead atoms. The highest BCUT2D eigenvalue weighted by atomic mass is 79.9. The van der Waals surface area contributed by atoms with Gasteiger partial charge in [-0.05, 0) is 11.4 Å². The quantitative estimate of drug-likeness (QED) is 0.789. The zero-order chi connectivity index (χ0) is 9.07. The average Bonchev–Trinajstić information content (AvgIpc) is 1.86. The van der Waals surface area contributed by atoms with Gasteiger partial charge >= 0.3 is 5.97 Å². The number of carbonyl (C=O) groups is 1. The van der Waals surface area contributed by atoms with E-state index in [4.69, 9.17) is 9.84 Å². The van der Waals surface area contributed by atoms with Gasteiger partial charge in [0.2, 0.25) is 0 Å². The Bertz CT molecular complexity index is 179. The van der Waals surface area contributed by atoms with Gasteiger partial charge in [0.15, 0.2) is 5.60 Å². The Morgan fingerprint density at radius 3 is 2.36 bits per heavy atom. The molecule has 0 amide bonds. The smallest absolute Gasteiger partial charge is 0.336 e. The fourth-order valence-corrected chi connectivity index (χ4v) is 1.14. The Morgan fingerprint density at radius 2 is 2.27 bits per heavy atom. The molecule has 64 valence electrons. The van der Waals surface area contributed by atoms with E-state index in [0.717, 1.165) is 0 Å². The summed E-state index contributed by atoms with van der Waals surface area (Å²) in [5, 5.41) is 8.69. The third-order valence-corrected chi connectivity index (χ3v) is 1.71. The molecule has 11 heavy (non-hydrogen) atoms. The average molecular weight is 223 g/mol. The molecule has 0 radical (unpaired) electrons. The van der Waals surface area contributed by atoms with E-state index in [2.05, 4.69) is 22.5 Å². The molecule has 0 saturated heterocycles. The van der Waals surface area contributed by atoms with Crippen LogP contribution in [0.3, 0.4) is 0 Å². The van der Waals surface area contributed by atoms with Gasteiger partial charge in [0.1, 0.15) is 0 Å². The van der Waals surface area contributed by atoms with Gasteiger partial charge in [-0.15, -0.1) is 0 Å². The number of carboxylic acid groups (broad SMARTS) is 1. The van der Waals surface area contributed by atoms with Crippen LogP contribution in [0.1, 0.15) is 13.3 Å². The van der Waals surface area contributed by atoms with Crippen molar-refractivity contribution in [2.45, 2.75) is 18.9 Å². The van der Waals surface area contributed by atoms with E-state index in [0.29, 0.717) is 4.48 Å². The summed E-state index contributed by atoms with van der Waals surface area (Å²) in [4.78, 5) is 10.6. The molecular formula is C7H11BrO3. The summed E-state index contributed by atoms with van der Waals surface area (Å²) >= 11 is 3.08. The summed E-state index contributed by atoms with van der Waals surface area (Å²) in [7, 11) is 1.37. The second-order valence-corrected chi connectivity index (χ2v) is 3.56. The fourth-order valence-electron chi connectivity index (χ4n) is 0.601. The van der Waals surface area contributed by atoms with Crippen molar-refractivity contribution in [3.63, 3.8) is 0 Å². The van der Waals surface area contributed by atoms with Crippen LogP contribution in [-0.4, -0.2) is 23.8 Å². The van der Waals surface area contributed by atoms with Gasteiger partial charge in [0.05, 0.1) is 0 Å². The highest BCUT2D eigenvalue weighted by Gasteiger charge is 2.32. The third-order valence-electron chi connectivity index (χ3n) is 1.43. The van der Waals surface area contributed by atoms with Crippen molar-refractivity contribution in [1.82, 2.24) is 0 Å². The minimum absolute atomic E-state index is 0.263. The number of aliphatic carboxylic acids is 1. The summed E-state index contributed by atoms with van der Waals surface area (Å²) in [5.41, 5.74) is -1.17. The zero-order valence-electron chi connectivity index (χ0n) is 6.56. The molecule has 3 nitrogen and oxygen atoms in total. The Kier molecular flexibility index (Phi) is 3.75. The Balaban J connectivity index is 4.34. The monoisotopic (exact) mass is 222 g/mol. The maximum Gasteiger partial charge on any atom is 0.336 e. The van der Waals surface area contributed by atoms with E-state index in [9.17, 15) is 4.79 Å². The topological polar surface area (TPSA) is 46.5 Å². The van der Waals surface area contributed by atoms with Crippen LogP contribution in [-0.2, 0) is 9.53 Å². The van der Waals surface area contributed by atoms with Gasteiger partial charge in [0.25, 0.3) is 0 Å². The Morgan fingerprint density at radius 1 is 1.82 bits per heavy atom. The lowest BCUT2D eigenvalue weighted by Gasteiger charge is -2.22. The number of rotatable bonds is 4. The van der Waals surface area contributed by atoms with Crippen molar-refractivity contribution in [1.29, 1.82) is 0 Å². The number of carboxylic acids is 1. The number of ether oxygens (including phenoxy) is 1. The molecule has 4 heteroatoms. The van der Waals surface area contributed by atoms with E-state index >= 15 is 0 Å². The molecule has 0 spiro atoms. The predicted molar refractivity (Wildman–Crippen MR) is 45.7 cm³/mol.